The molecule has 0 bridgehead atoms. The molecule has 0 spiro atoms. The molecule has 0 amide bonds. The Labute approximate surface area is 147 Å². The van der Waals surface area contributed by atoms with Crippen LogP contribution in [0.4, 0.5) is 10.8 Å². The van der Waals surface area contributed by atoms with E-state index in [1.807, 2.05) is 6.08 Å². The van der Waals surface area contributed by atoms with Gasteiger partial charge in [0.1, 0.15) is 0 Å². The summed E-state index contributed by atoms with van der Waals surface area (Å²) in [5, 5.41) is 6.45. The number of rotatable bonds is 5. The highest BCUT2D eigenvalue weighted by Gasteiger charge is 2.13. The van der Waals surface area contributed by atoms with E-state index in [9.17, 15) is 0 Å². The number of nitrogens with zero attached hydrogens (tertiary/aromatic N) is 2. The standard InChI is InChI=1S/C20H23N3S/c1-6-9-23-15(4)11-18(16(23)5)19-12-24-20(22-19)21-17-8-7-13(2)14(3)10-17/h6-8,10-12H,1,9H2,2-5H3,(H,21,22). The van der Waals surface area contributed by atoms with Crippen molar-refractivity contribution in [3.05, 3.63) is 64.8 Å². The topological polar surface area (TPSA) is 29.9 Å². The fraction of sp³-hybridized carbons (Fsp3) is 0.250. The number of benzene rings is 1. The van der Waals surface area contributed by atoms with Crippen LogP contribution in [0, 0.1) is 27.7 Å². The van der Waals surface area contributed by atoms with Crippen molar-refractivity contribution in [1.82, 2.24) is 9.55 Å². The van der Waals surface area contributed by atoms with E-state index in [0.717, 1.165) is 23.1 Å². The van der Waals surface area contributed by atoms with Crippen molar-refractivity contribution in [3.63, 3.8) is 0 Å². The molecule has 2 aromatic heterocycles. The van der Waals surface area contributed by atoms with Gasteiger partial charge in [0.05, 0.1) is 5.69 Å². The average Bonchev–Trinajstić information content (AvgIpc) is 3.11. The average molecular weight is 337 g/mol. The van der Waals surface area contributed by atoms with Crippen molar-refractivity contribution in [2.75, 3.05) is 5.32 Å². The third-order valence-electron chi connectivity index (χ3n) is 4.42. The smallest absolute Gasteiger partial charge is 0.187 e. The lowest BCUT2D eigenvalue weighted by Gasteiger charge is -2.06. The zero-order valence-electron chi connectivity index (χ0n) is 14.7. The van der Waals surface area contributed by atoms with Crippen molar-refractivity contribution in [1.29, 1.82) is 0 Å². The molecule has 0 aliphatic rings. The summed E-state index contributed by atoms with van der Waals surface area (Å²) in [5.41, 5.74) is 8.35. The van der Waals surface area contributed by atoms with Gasteiger partial charge >= 0.3 is 0 Å². The molecule has 3 nitrogen and oxygen atoms in total. The summed E-state index contributed by atoms with van der Waals surface area (Å²) < 4.78 is 2.26. The normalized spacial score (nSPS) is 10.8. The predicted molar refractivity (Wildman–Crippen MR) is 104 cm³/mol. The minimum absolute atomic E-state index is 0.829. The van der Waals surface area contributed by atoms with E-state index < -0.39 is 0 Å². The number of allylic oxidation sites excluding steroid dienone is 1. The molecule has 3 aromatic rings. The van der Waals surface area contributed by atoms with E-state index in [0.29, 0.717) is 0 Å². The minimum atomic E-state index is 0.829. The molecule has 0 fully saturated rings. The van der Waals surface area contributed by atoms with Crippen molar-refractivity contribution in [2.45, 2.75) is 34.2 Å². The molecular formula is C20H23N3S. The van der Waals surface area contributed by atoms with Crippen LogP contribution in [0.3, 0.4) is 0 Å². The molecule has 0 radical (unpaired) electrons. The van der Waals surface area contributed by atoms with Crippen LogP contribution in [0.15, 0.2) is 42.3 Å². The van der Waals surface area contributed by atoms with Crippen LogP contribution in [0.2, 0.25) is 0 Å². The quantitative estimate of drug-likeness (QED) is 0.599. The van der Waals surface area contributed by atoms with Gasteiger partial charge in [0.25, 0.3) is 0 Å². The molecule has 0 saturated heterocycles. The van der Waals surface area contributed by atoms with E-state index in [4.69, 9.17) is 4.98 Å². The van der Waals surface area contributed by atoms with Crippen LogP contribution in [-0.2, 0) is 6.54 Å². The number of aryl methyl sites for hydroxylation is 3. The van der Waals surface area contributed by atoms with Crippen molar-refractivity contribution < 1.29 is 0 Å². The summed E-state index contributed by atoms with van der Waals surface area (Å²) >= 11 is 1.63. The maximum Gasteiger partial charge on any atom is 0.187 e. The SMILES string of the molecule is C=CCn1c(C)cc(-c2csc(Nc3ccc(C)c(C)c3)n2)c1C. The van der Waals surface area contributed by atoms with Gasteiger partial charge < -0.3 is 9.88 Å². The van der Waals surface area contributed by atoms with Gasteiger partial charge in [-0.15, -0.1) is 17.9 Å². The Kier molecular flexibility index (Phi) is 4.58. The third kappa shape index (κ3) is 3.15. The van der Waals surface area contributed by atoms with E-state index in [-0.39, 0.29) is 0 Å². The number of aromatic nitrogens is 2. The summed E-state index contributed by atoms with van der Waals surface area (Å²) in [6.07, 6.45) is 1.93. The Morgan fingerprint density at radius 3 is 2.67 bits per heavy atom. The first-order valence-electron chi connectivity index (χ1n) is 8.07. The second kappa shape index (κ2) is 6.65. The van der Waals surface area contributed by atoms with Gasteiger partial charge in [-0.1, -0.05) is 12.1 Å². The van der Waals surface area contributed by atoms with Gasteiger partial charge in [-0.05, 0) is 57.0 Å². The lowest BCUT2D eigenvalue weighted by Crippen LogP contribution is -1.99. The van der Waals surface area contributed by atoms with E-state index in [2.05, 4.69) is 73.8 Å². The summed E-state index contributed by atoms with van der Waals surface area (Å²) in [7, 11) is 0. The van der Waals surface area contributed by atoms with Crippen molar-refractivity contribution in [2.24, 2.45) is 0 Å². The Hall–Kier alpha value is -2.33. The predicted octanol–water partition coefficient (Wildman–Crippen LogP) is 5.77. The second-order valence-corrected chi connectivity index (χ2v) is 7.00. The van der Waals surface area contributed by atoms with Crippen LogP contribution < -0.4 is 5.32 Å². The summed E-state index contributed by atoms with van der Waals surface area (Å²) in [4.78, 5) is 4.77. The first kappa shape index (κ1) is 16.5. The first-order valence-corrected chi connectivity index (χ1v) is 8.95. The van der Waals surface area contributed by atoms with Crippen LogP contribution >= 0.6 is 11.3 Å². The number of hydrogen-bond acceptors (Lipinski definition) is 3. The molecule has 0 unspecified atom stereocenters. The largest absolute Gasteiger partial charge is 0.345 e. The Bertz CT molecular complexity index is 886. The van der Waals surface area contributed by atoms with Gasteiger partial charge in [0.15, 0.2) is 5.13 Å². The molecule has 0 atom stereocenters. The number of anilines is 2. The summed E-state index contributed by atoms with van der Waals surface area (Å²) in [6, 6.07) is 8.59. The molecule has 2 heterocycles. The molecule has 0 saturated carbocycles. The molecular weight excluding hydrogens is 314 g/mol. The summed E-state index contributed by atoms with van der Waals surface area (Å²) in [5.74, 6) is 0. The molecule has 1 N–H and O–H groups in total. The monoisotopic (exact) mass is 337 g/mol. The molecule has 24 heavy (non-hydrogen) atoms. The Morgan fingerprint density at radius 1 is 1.17 bits per heavy atom. The Morgan fingerprint density at radius 2 is 1.96 bits per heavy atom. The number of hydrogen-bond donors (Lipinski definition) is 1. The first-order chi connectivity index (χ1) is 11.5. The molecule has 0 aliphatic heterocycles. The van der Waals surface area contributed by atoms with Gasteiger partial charge in [-0.2, -0.15) is 0 Å². The van der Waals surface area contributed by atoms with Crippen LogP contribution in [-0.4, -0.2) is 9.55 Å². The van der Waals surface area contributed by atoms with Gasteiger partial charge in [0.2, 0.25) is 0 Å². The zero-order chi connectivity index (χ0) is 17.3. The second-order valence-electron chi connectivity index (χ2n) is 6.15. The van der Waals surface area contributed by atoms with E-state index >= 15 is 0 Å². The zero-order valence-corrected chi connectivity index (χ0v) is 15.5. The molecule has 0 aliphatic carbocycles. The lowest BCUT2D eigenvalue weighted by atomic mass is 10.1. The van der Waals surface area contributed by atoms with E-state index in [1.54, 1.807) is 11.3 Å². The molecule has 124 valence electrons. The van der Waals surface area contributed by atoms with Crippen LogP contribution in [0.1, 0.15) is 22.5 Å². The molecule has 1 aromatic carbocycles. The molecule has 3 rings (SSSR count). The maximum absolute atomic E-state index is 4.77. The maximum atomic E-state index is 4.77. The van der Waals surface area contributed by atoms with Crippen molar-refractivity contribution in [3.8, 4) is 11.3 Å². The van der Waals surface area contributed by atoms with Crippen LogP contribution in [0.5, 0.6) is 0 Å². The third-order valence-corrected chi connectivity index (χ3v) is 5.18. The Balaban J connectivity index is 1.87. The van der Waals surface area contributed by atoms with Gasteiger partial charge in [0, 0.05) is 34.6 Å². The highest BCUT2D eigenvalue weighted by atomic mass is 32.1. The fourth-order valence-corrected chi connectivity index (χ4v) is 3.60. The highest BCUT2D eigenvalue weighted by Crippen LogP contribution is 2.31. The van der Waals surface area contributed by atoms with E-state index in [1.165, 1.54) is 28.1 Å². The van der Waals surface area contributed by atoms with Gasteiger partial charge in [-0.3, -0.25) is 0 Å². The highest BCUT2D eigenvalue weighted by molar-refractivity contribution is 7.14. The minimum Gasteiger partial charge on any atom is -0.345 e. The molecule has 4 heteroatoms. The summed E-state index contributed by atoms with van der Waals surface area (Å²) in [6.45, 7) is 13.2. The fourth-order valence-electron chi connectivity index (χ4n) is 2.87. The number of nitrogens with one attached hydrogen (secondary N) is 1. The lowest BCUT2D eigenvalue weighted by molar-refractivity contribution is 0.770. The number of thiazole rings is 1. The van der Waals surface area contributed by atoms with Crippen LogP contribution in [0.25, 0.3) is 11.3 Å². The van der Waals surface area contributed by atoms with Gasteiger partial charge in [-0.25, -0.2) is 4.98 Å². The van der Waals surface area contributed by atoms with Crippen molar-refractivity contribution >= 4 is 22.2 Å².